The molecule has 7 heteroatoms. The number of halogens is 2. The van der Waals surface area contributed by atoms with Crippen molar-refractivity contribution >= 4 is 10.8 Å². The molecule has 0 saturated heterocycles. The Labute approximate surface area is 113 Å². The van der Waals surface area contributed by atoms with Crippen LogP contribution < -0.4 is 5.32 Å². The van der Waals surface area contributed by atoms with Crippen LogP contribution in [0.3, 0.4) is 0 Å². The average Bonchev–Trinajstić information content (AvgIpc) is 2.37. The first-order valence-corrected chi connectivity index (χ1v) is 7.07. The summed E-state index contributed by atoms with van der Waals surface area (Å²) in [6.07, 6.45) is -0.902. The molecule has 2 atom stereocenters. The predicted octanol–water partition coefficient (Wildman–Crippen LogP) is 0.669. The van der Waals surface area contributed by atoms with E-state index in [-0.39, 0.29) is 17.2 Å². The van der Waals surface area contributed by atoms with Crippen LogP contribution in [0, 0.1) is 11.6 Å². The highest BCUT2D eigenvalue weighted by Gasteiger charge is 2.15. The second kappa shape index (κ2) is 8.31. The van der Waals surface area contributed by atoms with Gasteiger partial charge in [-0.1, -0.05) is 0 Å². The van der Waals surface area contributed by atoms with Gasteiger partial charge in [-0.05, 0) is 18.2 Å². The van der Waals surface area contributed by atoms with E-state index in [1.165, 1.54) is 0 Å². The van der Waals surface area contributed by atoms with Crippen LogP contribution in [-0.2, 0) is 15.5 Å². The molecule has 0 radical (unpaired) electrons. The Kier molecular flexibility index (Phi) is 7.07. The summed E-state index contributed by atoms with van der Waals surface area (Å²) in [6, 6.07) is 2.76. The van der Waals surface area contributed by atoms with Gasteiger partial charge in [-0.3, -0.25) is 4.21 Å². The molecule has 19 heavy (non-hydrogen) atoms. The lowest BCUT2D eigenvalue weighted by Crippen LogP contribution is -2.32. The Morgan fingerprint density at radius 1 is 1.47 bits per heavy atom. The predicted molar refractivity (Wildman–Crippen MR) is 68.4 cm³/mol. The van der Waals surface area contributed by atoms with Crippen LogP contribution in [0.1, 0.15) is 0 Å². The van der Waals surface area contributed by atoms with E-state index in [1.807, 2.05) is 0 Å². The molecule has 0 aliphatic carbocycles. The molecular formula is C12H17F2NO3S. The van der Waals surface area contributed by atoms with E-state index in [2.05, 4.69) is 5.32 Å². The lowest BCUT2D eigenvalue weighted by Gasteiger charge is -2.11. The minimum absolute atomic E-state index is 0.152. The van der Waals surface area contributed by atoms with Crippen molar-refractivity contribution in [3.05, 3.63) is 29.8 Å². The SMILES string of the molecule is COCCNCC(O)CS(=O)c1cc(F)ccc1F. The zero-order valence-electron chi connectivity index (χ0n) is 10.6. The Bertz CT molecular complexity index is 431. The maximum atomic E-state index is 13.3. The quantitative estimate of drug-likeness (QED) is 0.692. The summed E-state index contributed by atoms with van der Waals surface area (Å²) in [4.78, 5) is -0.226. The van der Waals surface area contributed by atoms with Gasteiger partial charge in [0.25, 0.3) is 0 Å². The number of ether oxygens (including phenoxy) is 1. The zero-order valence-corrected chi connectivity index (χ0v) is 11.4. The van der Waals surface area contributed by atoms with E-state index in [0.717, 1.165) is 18.2 Å². The summed E-state index contributed by atoms with van der Waals surface area (Å²) in [5.41, 5.74) is 0. The molecule has 108 valence electrons. The molecule has 0 fully saturated rings. The smallest absolute Gasteiger partial charge is 0.139 e. The van der Waals surface area contributed by atoms with Crippen LogP contribution >= 0.6 is 0 Å². The first-order chi connectivity index (χ1) is 9.04. The highest BCUT2D eigenvalue weighted by atomic mass is 32.2. The second-order valence-corrected chi connectivity index (χ2v) is 5.40. The summed E-state index contributed by atoms with van der Waals surface area (Å²) in [5.74, 6) is -1.54. The summed E-state index contributed by atoms with van der Waals surface area (Å²) in [5, 5.41) is 12.5. The summed E-state index contributed by atoms with van der Waals surface area (Å²) in [7, 11) is -0.223. The fourth-order valence-electron chi connectivity index (χ4n) is 1.42. The lowest BCUT2D eigenvalue weighted by molar-refractivity contribution is 0.174. The molecule has 0 bridgehead atoms. The first kappa shape index (κ1) is 16.2. The van der Waals surface area contributed by atoms with Crippen LogP contribution in [0.4, 0.5) is 8.78 Å². The van der Waals surface area contributed by atoms with Gasteiger partial charge in [0.2, 0.25) is 0 Å². The fraction of sp³-hybridized carbons (Fsp3) is 0.500. The van der Waals surface area contributed by atoms with Gasteiger partial charge in [0.05, 0.1) is 34.2 Å². The third-order valence-corrected chi connectivity index (χ3v) is 3.84. The third kappa shape index (κ3) is 5.73. The summed E-state index contributed by atoms with van der Waals surface area (Å²) >= 11 is 0. The Morgan fingerprint density at radius 3 is 2.89 bits per heavy atom. The van der Waals surface area contributed by atoms with Crippen molar-refractivity contribution in [1.29, 1.82) is 0 Å². The van der Waals surface area contributed by atoms with Gasteiger partial charge < -0.3 is 15.2 Å². The number of nitrogens with one attached hydrogen (secondary N) is 1. The number of aliphatic hydroxyl groups excluding tert-OH is 1. The van der Waals surface area contributed by atoms with Crippen LogP contribution in [0.25, 0.3) is 0 Å². The molecule has 0 aliphatic heterocycles. The van der Waals surface area contributed by atoms with E-state index in [4.69, 9.17) is 4.74 Å². The van der Waals surface area contributed by atoms with Crippen molar-refractivity contribution in [1.82, 2.24) is 5.32 Å². The molecule has 4 nitrogen and oxygen atoms in total. The monoisotopic (exact) mass is 293 g/mol. The Balaban J connectivity index is 2.47. The maximum Gasteiger partial charge on any atom is 0.139 e. The van der Waals surface area contributed by atoms with E-state index < -0.39 is 28.5 Å². The Hall–Kier alpha value is -0.890. The molecule has 1 aromatic carbocycles. The van der Waals surface area contributed by atoms with Crippen molar-refractivity contribution < 1.29 is 22.8 Å². The molecular weight excluding hydrogens is 276 g/mol. The van der Waals surface area contributed by atoms with E-state index in [1.54, 1.807) is 7.11 Å². The number of hydrogen-bond donors (Lipinski definition) is 2. The van der Waals surface area contributed by atoms with Gasteiger partial charge in [-0.2, -0.15) is 0 Å². The molecule has 0 spiro atoms. The molecule has 0 amide bonds. The number of rotatable bonds is 8. The summed E-state index contributed by atoms with van der Waals surface area (Å²) < 4.78 is 42.9. The van der Waals surface area contributed by atoms with Crippen LogP contribution in [-0.4, -0.2) is 48.0 Å². The molecule has 2 N–H and O–H groups in total. The summed E-state index contributed by atoms with van der Waals surface area (Å²) in [6.45, 7) is 1.26. The van der Waals surface area contributed by atoms with Gasteiger partial charge in [-0.25, -0.2) is 8.78 Å². The average molecular weight is 293 g/mol. The molecule has 2 unspecified atom stereocenters. The number of benzene rings is 1. The standard InChI is InChI=1S/C12H17F2NO3S/c1-18-5-4-15-7-10(16)8-19(17)12-6-9(13)2-3-11(12)14/h2-3,6,10,15-16H,4-5,7-8H2,1H3. The molecule has 0 saturated carbocycles. The maximum absolute atomic E-state index is 13.3. The van der Waals surface area contributed by atoms with E-state index >= 15 is 0 Å². The van der Waals surface area contributed by atoms with Crippen LogP contribution in [0.2, 0.25) is 0 Å². The minimum Gasteiger partial charge on any atom is -0.391 e. The topological polar surface area (TPSA) is 58.6 Å². The normalized spacial score (nSPS) is 14.3. The van der Waals surface area contributed by atoms with Crippen molar-refractivity contribution in [2.24, 2.45) is 0 Å². The minimum atomic E-state index is -1.78. The number of hydrogen-bond acceptors (Lipinski definition) is 4. The zero-order chi connectivity index (χ0) is 14.3. The largest absolute Gasteiger partial charge is 0.391 e. The third-order valence-electron chi connectivity index (χ3n) is 2.35. The second-order valence-electron chi connectivity index (χ2n) is 3.94. The molecule has 1 aromatic rings. The highest BCUT2D eigenvalue weighted by Crippen LogP contribution is 2.14. The van der Waals surface area contributed by atoms with Gasteiger partial charge in [0.1, 0.15) is 11.6 Å². The van der Waals surface area contributed by atoms with E-state index in [0.29, 0.717) is 13.2 Å². The fourth-order valence-corrected chi connectivity index (χ4v) is 2.59. The highest BCUT2D eigenvalue weighted by molar-refractivity contribution is 7.85. The van der Waals surface area contributed by atoms with Crippen molar-refractivity contribution in [2.75, 3.05) is 32.6 Å². The van der Waals surface area contributed by atoms with Gasteiger partial charge in [0.15, 0.2) is 0 Å². The van der Waals surface area contributed by atoms with Gasteiger partial charge in [0, 0.05) is 20.2 Å². The van der Waals surface area contributed by atoms with Crippen molar-refractivity contribution in [3.8, 4) is 0 Å². The van der Waals surface area contributed by atoms with Crippen LogP contribution in [0.5, 0.6) is 0 Å². The Morgan fingerprint density at radius 2 is 2.21 bits per heavy atom. The molecule has 0 heterocycles. The molecule has 1 rings (SSSR count). The number of aliphatic hydroxyl groups is 1. The number of methoxy groups -OCH3 is 1. The van der Waals surface area contributed by atoms with Crippen molar-refractivity contribution in [3.63, 3.8) is 0 Å². The molecule has 0 aliphatic rings. The molecule has 0 aromatic heterocycles. The first-order valence-electron chi connectivity index (χ1n) is 5.75. The van der Waals surface area contributed by atoms with E-state index in [9.17, 15) is 18.1 Å². The van der Waals surface area contributed by atoms with Gasteiger partial charge in [-0.15, -0.1) is 0 Å². The lowest BCUT2D eigenvalue weighted by atomic mass is 10.3. The van der Waals surface area contributed by atoms with Crippen LogP contribution in [0.15, 0.2) is 23.1 Å². The van der Waals surface area contributed by atoms with Gasteiger partial charge >= 0.3 is 0 Å². The van der Waals surface area contributed by atoms with Crippen molar-refractivity contribution in [2.45, 2.75) is 11.0 Å².